The van der Waals surface area contributed by atoms with Gasteiger partial charge in [-0.25, -0.2) is 4.79 Å². The molecule has 0 aliphatic carbocycles. The van der Waals surface area contributed by atoms with Crippen molar-refractivity contribution in [1.29, 1.82) is 0 Å². The highest BCUT2D eigenvalue weighted by atomic mass is 35.5. The first-order valence-corrected chi connectivity index (χ1v) is 5.86. The van der Waals surface area contributed by atoms with Crippen LogP contribution in [0.4, 0.5) is 21.9 Å². The highest BCUT2D eigenvalue weighted by molar-refractivity contribution is 6.32. The van der Waals surface area contributed by atoms with Crippen LogP contribution in [0.3, 0.4) is 0 Å². The number of benzene rings is 1. The highest BCUT2D eigenvalue weighted by Gasteiger charge is 2.13. The number of aromatic nitrogens is 1. The quantitative estimate of drug-likeness (QED) is 0.670. The van der Waals surface area contributed by atoms with Crippen LogP contribution in [0.1, 0.15) is 0 Å². The van der Waals surface area contributed by atoms with E-state index in [1.165, 1.54) is 24.4 Å². The maximum atomic E-state index is 11.7. The van der Waals surface area contributed by atoms with E-state index in [1.807, 2.05) is 0 Å². The van der Waals surface area contributed by atoms with Crippen LogP contribution in [0.25, 0.3) is 0 Å². The van der Waals surface area contributed by atoms with E-state index in [-0.39, 0.29) is 16.4 Å². The number of nitro benzene ring substituents is 1. The minimum absolute atomic E-state index is 0.00761. The molecule has 7 nitrogen and oxygen atoms in total. The lowest BCUT2D eigenvalue weighted by Gasteiger charge is -2.07. The Balaban J connectivity index is 2.08. The zero-order valence-electron chi connectivity index (χ0n) is 10.0. The molecule has 0 aliphatic heterocycles. The van der Waals surface area contributed by atoms with Crippen molar-refractivity contribution in [3.63, 3.8) is 0 Å². The van der Waals surface area contributed by atoms with Gasteiger partial charge >= 0.3 is 6.03 Å². The fourth-order valence-electron chi connectivity index (χ4n) is 1.46. The third-order valence-electron chi connectivity index (χ3n) is 2.32. The number of pyridine rings is 1. The monoisotopic (exact) mass is 292 g/mol. The van der Waals surface area contributed by atoms with Crippen molar-refractivity contribution in [1.82, 2.24) is 4.98 Å². The summed E-state index contributed by atoms with van der Waals surface area (Å²) in [5.41, 5.74) is 0.502. The van der Waals surface area contributed by atoms with Gasteiger partial charge in [-0.3, -0.25) is 15.1 Å². The van der Waals surface area contributed by atoms with Gasteiger partial charge in [0, 0.05) is 18.0 Å². The van der Waals surface area contributed by atoms with Crippen molar-refractivity contribution < 1.29 is 9.72 Å². The molecule has 20 heavy (non-hydrogen) atoms. The third kappa shape index (κ3) is 3.42. The molecule has 1 aromatic heterocycles. The minimum Gasteiger partial charge on any atom is -0.307 e. The van der Waals surface area contributed by atoms with Gasteiger partial charge in [0.2, 0.25) is 0 Å². The van der Waals surface area contributed by atoms with Gasteiger partial charge in [0.1, 0.15) is 5.02 Å². The molecule has 2 aromatic rings. The van der Waals surface area contributed by atoms with Gasteiger partial charge < -0.3 is 10.6 Å². The summed E-state index contributed by atoms with van der Waals surface area (Å²) in [6.07, 6.45) is 3.05. The van der Waals surface area contributed by atoms with Crippen LogP contribution in [0.5, 0.6) is 0 Å². The molecule has 0 unspecified atom stereocenters. The summed E-state index contributed by atoms with van der Waals surface area (Å²) in [5.74, 6) is 0. The van der Waals surface area contributed by atoms with Crippen molar-refractivity contribution >= 4 is 34.7 Å². The molecule has 1 heterocycles. The summed E-state index contributed by atoms with van der Waals surface area (Å²) in [5, 5.41) is 15.8. The second-order valence-electron chi connectivity index (χ2n) is 3.74. The lowest BCUT2D eigenvalue weighted by atomic mass is 10.3. The van der Waals surface area contributed by atoms with Crippen LogP contribution >= 0.6 is 11.6 Å². The Morgan fingerprint density at radius 2 is 2.00 bits per heavy atom. The second-order valence-corrected chi connectivity index (χ2v) is 4.15. The molecule has 0 atom stereocenters. The molecule has 0 spiro atoms. The highest BCUT2D eigenvalue weighted by Crippen LogP contribution is 2.27. The number of hydrogen-bond acceptors (Lipinski definition) is 4. The van der Waals surface area contributed by atoms with Crippen molar-refractivity contribution in [2.24, 2.45) is 0 Å². The van der Waals surface area contributed by atoms with Crippen LogP contribution in [-0.2, 0) is 0 Å². The molecule has 8 heteroatoms. The minimum atomic E-state index is -0.619. The third-order valence-corrected chi connectivity index (χ3v) is 2.64. The van der Waals surface area contributed by atoms with E-state index in [9.17, 15) is 14.9 Å². The van der Waals surface area contributed by atoms with Gasteiger partial charge in [0.15, 0.2) is 0 Å². The predicted octanol–water partition coefficient (Wildman–Crippen LogP) is 3.29. The number of amides is 2. The van der Waals surface area contributed by atoms with Gasteiger partial charge in [-0.1, -0.05) is 11.6 Å². The van der Waals surface area contributed by atoms with Crippen molar-refractivity contribution in [3.8, 4) is 0 Å². The molecule has 0 bridgehead atoms. The first-order valence-electron chi connectivity index (χ1n) is 5.48. The van der Waals surface area contributed by atoms with Crippen LogP contribution in [0.2, 0.25) is 5.02 Å². The Bertz CT molecular complexity index is 648. The van der Waals surface area contributed by atoms with Crippen LogP contribution < -0.4 is 10.6 Å². The molecule has 0 saturated carbocycles. The molecule has 0 radical (unpaired) electrons. The Labute approximate surface area is 118 Å². The molecular formula is C12H9ClN4O3. The standard InChI is InChI=1S/C12H9ClN4O3/c13-10-4-3-8(6-11(10)17(19)20)15-12(18)16-9-2-1-5-14-7-9/h1-7H,(H2,15,16,18). The Hall–Kier alpha value is -2.67. The lowest BCUT2D eigenvalue weighted by molar-refractivity contribution is -0.384. The molecular weight excluding hydrogens is 284 g/mol. The van der Waals surface area contributed by atoms with Gasteiger partial charge in [-0.05, 0) is 24.3 Å². The van der Waals surface area contributed by atoms with E-state index in [0.29, 0.717) is 5.69 Å². The molecule has 0 fully saturated rings. The van der Waals surface area contributed by atoms with Gasteiger partial charge in [-0.15, -0.1) is 0 Å². The predicted molar refractivity (Wildman–Crippen MR) is 75.0 cm³/mol. The van der Waals surface area contributed by atoms with E-state index in [2.05, 4.69) is 15.6 Å². The molecule has 102 valence electrons. The first kappa shape index (κ1) is 13.8. The maximum absolute atomic E-state index is 11.7. The van der Waals surface area contributed by atoms with E-state index >= 15 is 0 Å². The van der Waals surface area contributed by atoms with Crippen LogP contribution in [-0.4, -0.2) is 15.9 Å². The topological polar surface area (TPSA) is 97.2 Å². The Morgan fingerprint density at radius 3 is 2.65 bits per heavy atom. The largest absolute Gasteiger partial charge is 0.323 e. The summed E-state index contributed by atoms with van der Waals surface area (Å²) in [6.45, 7) is 0. The molecule has 1 aromatic carbocycles. The summed E-state index contributed by atoms with van der Waals surface area (Å²) in [6, 6.07) is 6.80. The van der Waals surface area contributed by atoms with Crippen molar-refractivity contribution in [3.05, 3.63) is 57.9 Å². The van der Waals surface area contributed by atoms with E-state index in [4.69, 9.17) is 11.6 Å². The zero-order chi connectivity index (χ0) is 14.5. The Kier molecular flexibility index (Phi) is 4.11. The summed E-state index contributed by atoms with van der Waals surface area (Å²) >= 11 is 5.68. The average Bonchev–Trinajstić information content (AvgIpc) is 2.41. The number of carbonyl (C=O) groups excluding carboxylic acids is 1. The zero-order valence-corrected chi connectivity index (χ0v) is 10.8. The van der Waals surface area contributed by atoms with E-state index < -0.39 is 11.0 Å². The number of hydrogen-bond donors (Lipinski definition) is 2. The normalized spacial score (nSPS) is 9.85. The summed E-state index contributed by atoms with van der Waals surface area (Å²) in [7, 11) is 0. The molecule has 2 rings (SSSR count). The summed E-state index contributed by atoms with van der Waals surface area (Å²) < 4.78 is 0. The van der Waals surface area contributed by atoms with Crippen LogP contribution in [0, 0.1) is 10.1 Å². The summed E-state index contributed by atoms with van der Waals surface area (Å²) in [4.78, 5) is 25.7. The number of urea groups is 1. The first-order chi connectivity index (χ1) is 9.56. The van der Waals surface area contributed by atoms with E-state index in [0.717, 1.165) is 0 Å². The molecule has 0 saturated heterocycles. The number of nitro groups is 1. The fraction of sp³-hybridized carbons (Fsp3) is 0. The number of halogens is 1. The lowest BCUT2D eigenvalue weighted by Crippen LogP contribution is -2.19. The van der Waals surface area contributed by atoms with E-state index in [1.54, 1.807) is 18.3 Å². The van der Waals surface area contributed by atoms with Gasteiger partial charge in [0.25, 0.3) is 5.69 Å². The van der Waals surface area contributed by atoms with Crippen molar-refractivity contribution in [2.45, 2.75) is 0 Å². The van der Waals surface area contributed by atoms with Crippen molar-refractivity contribution in [2.75, 3.05) is 10.6 Å². The number of nitrogens with zero attached hydrogens (tertiary/aromatic N) is 2. The SMILES string of the molecule is O=C(Nc1cccnc1)Nc1ccc(Cl)c([N+](=O)[O-])c1. The average molecular weight is 293 g/mol. The molecule has 0 aliphatic rings. The number of carbonyl (C=O) groups is 1. The Morgan fingerprint density at radius 1 is 1.25 bits per heavy atom. The molecule has 2 amide bonds. The molecule has 2 N–H and O–H groups in total. The second kappa shape index (κ2) is 5.98. The number of rotatable bonds is 3. The maximum Gasteiger partial charge on any atom is 0.323 e. The number of anilines is 2. The fourth-order valence-corrected chi connectivity index (χ4v) is 1.65. The van der Waals surface area contributed by atoms with Crippen LogP contribution in [0.15, 0.2) is 42.7 Å². The number of nitrogens with one attached hydrogen (secondary N) is 2. The van der Waals surface area contributed by atoms with Gasteiger partial charge in [-0.2, -0.15) is 0 Å². The van der Waals surface area contributed by atoms with Gasteiger partial charge in [0.05, 0.1) is 16.8 Å². The smallest absolute Gasteiger partial charge is 0.307 e.